The maximum Gasteiger partial charge on any atom is 0.326 e. The summed E-state index contributed by atoms with van der Waals surface area (Å²) in [4.78, 5) is 11.2. The number of hydrogen-bond donors (Lipinski definition) is 1. The van der Waals surface area contributed by atoms with E-state index in [0.29, 0.717) is 6.61 Å². The Kier molecular flexibility index (Phi) is 1.64. The van der Waals surface area contributed by atoms with Crippen molar-refractivity contribution in [3.63, 3.8) is 0 Å². The fourth-order valence-electron chi connectivity index (χ4n) is 2.09. The SMILES string of the molecule is CCOC(=O)C12CC(Cl)(CN1)C2. The molecule has 3 fully saturated rings. The van der Waals surface area contributed by atoms with E-state index in [2.05, 4.69) is 5.32 Å². The average Bonchev–Trinajstić information content (AvgIpc) is 2.42. The minimum absolute atomic E-state index is 0.140. The van der Waals surface area contributed by atoms with Crippen LogP contribution in [-0.2, 0) is 9.53 Å². The lowest BCUT2D eigenvalue weighted by molar-refractivity contribution is -0.153. The maximum atomic E-state index is 11.4. The Morgan fingerprint density at radius 3 is 2.75 bits per heavy atom. The van der Waals surface area contributed by atoms with Crippen molar-refractivity contribution in [3.05, 3.63) is 0 Å². The Labute approximate surface area is 76.4 Å². The Morgan fingerprint density at radius 1 is 1.67 bits per heavy atom. The van der Waals surface area contributed by atoms with Crippen LogP contribution in [0, 0.1) is 0 Å². The molecule has 0 atom stereocenters. The van der Waals surface area contributed by atoms with Gasteiger partial charge in [0.1, 0.15) is 5.54 Å². The molecule has 4 heteroatoms. The summed E-state index contributed by atoms with van der Waals surface area (Å²) in [6, 6.07) is 0. The predicted molar refractivity (Wildman–Crippen MR) is 45.2 cm³/mol. The van der Waals surface area contributed by atoms with E-state index >= 15 is 0 Å². The molecule has 1 aliphatic carbocycles. The van der Waals surface area contributed by atoms with E-state index < -0.39 is 5.54 Å². The first kappa shape index (κ1) is 8.32. The highest BCUT2D eigenvalue weighted by molar-refractivity contribution is 6.26. The number of alkyl halides is 1. The van der Waals surface area contributed by atoms with Crippen LogP contribution in [0.4, 0.5) is 0 Å². The Morgan fingerprint density at radius 2 is 2.33 bits per heavy atom. The fraction of sp³-hybridized carbons (Fsp3) is 0.875. The zero-order valence-corrected chi connectivity index (χ0v) is 7.78. The number of ether oxygens (including phenoxy) is 1. The molecule has 3 aliphatic rings. The monoisotopic (exact) mass is 189 g/mol. The van der Waals surface area contributed by atoms with Crippen LogP contribution in [0.15, 0.2) is 0 Å². The first-order valence-corrected chi connectivity index (χ1v) is 4.59. The molecule has 2 heterocycles. The summed E-state index contributed by atoms with van der Waals surface area (Å²) in [7, 11) is 0. The van der Waals surface area contributed by atoms with Crippen molar-refractivity contribution in [2.75, 3.05) is 13.2 Å². The van der Waals surface area contributed by atoms with Gasteiger partial charge in [0.25, 0.3) is 0 Å². The molecule has 0 unspecified atom stereocenters. The van der Waals surface area contributed by atoms with Crippen molar-refractivity contribution in [1.82, 2.24) is 5.32 Å². The fourth-order valence-corrected chi connectivity index (χ4v) is 2.62. The maximum absolute atomic E-state index is 11.4. The van der Waals surface area contributed by atoms with Gasteiger partial charge in [-0.25, -0.2) is 0 Å². The smallest absolute Gasteiger partial charge is 0.326 e. The van der Waals surface area contributed by atoms with Gasteiger partial charge in [-0.1, -0.05) is 0 Å². The first-order chi connectivity index (χ1) is 5.60. The van der Waals surface area contributed by atoms with Crippen LogP contribution in [0.1, 0.15) is 19.8 Å². The number of rotatable bonds is 2. The van der Waals surface area contributed by atoms with Crippen LogP contribution < -0.4 is 5.32 Å². The lowest BCUT2D eigenvalue weighted by Gasteiger charge is -2.39. The highest BCUT2D eigenvalue weighted by atomic mass is 35.5. The number of carbonyl (C=O) groups excluding carboxylic acids is 1. The molecule has 0 radical (unpaired) electrons. The Bertz CT molecular complexity index is 223. The molecule has 0 aromatic carbocycles. The van der Waals surface area contributed by atoms with Crippen molar-refractivity contribution in [1.29, 1.82) is 0 Å². The van der Waals surface area contributed by atoms with Gasteiger partial charge in [-0.3, -0.25) is 10.1 Å². The summed E-state index contributed by atoms with van der Waals surface area (Å²) < 4.78 is 4.95. The summed E-state index contributed by atoms with van der Waals surface area (Å²) >= 11 is 6.10. The zero-order chi connectivity index (χ0) is 8.82. The summed E-state index contributed by atoms with van der Waals surface area (Å²) in [6.45, 7) is 2.99. The predicted octanol–water partition coefficient (Wildman–Crippen LogP) is 0.663. The highest BCUT2D eigenvalue weighted by Crippen LogP contribution is 2.51. The van der Waals surface area contributed by atoms with Gasteiger partial charge in [-0.2, -0.15) is 0 Å². The lowest BCUT2D eigenvalue weighted by atomic mass is 9.73. The summed E-state index contributed by atoms with van der Waals surface area (Å²) in [6.07, 6.45) is 1.45. The van der Waals surface area contributed by atoms with E-state index in [4.69, 9.17) is 16.3 Å². The van der Waals surface area contributed by atoms with Crippen molar-refractivity contribution >= 4 is 17.6 Å². The molecule has 2 bridgehead atoms. The molecule has 0 spiro atoms. The van der Waals surface area contributed by atoms with Crippen LogP contribution >= 0.6 is 11.6 Å². The molecule has 1 N–H and O–H groups in total. The lowest BCUT2D eigenvalue weighted by Crippen LogP contribution is -2.55. The molecule has 1 saturated carbocycles. The van der Waals surface area contributed by atoms with Gasteiger partial charge in [0.2, 0.25) is 0 Å². The number of esters is 1. The van der Waals surface area contributed by atoms with Crippen molar-refractivity contribution in [2.24, 2.45) is 0 Å². The molecular weight excluding hydrogens is 178 g/mol. The van der Waals surface area contributed by atoms with E-state index in [1.165, 1.54) is 0 Å². The molecule has 2 aliphatic heterocycles. The largest absolute Gasteiger partial charge is 0.465 e. The minimum Gasteiger partial charge on any atom is -0.465 e. The third kappa shape index (κ3) is 0.962. The zero-order valence-electron chi connectivity index (χ0n) is 7.02. The van der Waals surface area contributed by atoms with Crippen molar-refractivity contribution in [2.45, 2.75) is 30.2 Å². The van der Waals surface area contributed by atoms with Gasteiger partial charge in [-0.05, 0) is 19.8 Å². The van der Waals surface area contributed by atoms with Crippen LogP contribution in [-0.4, -0.2) is 29.5 Å². The molecule has 0 amide bonds. The average molecular weight is 190 g/mol. The number of carbonyl (C=O) groups is 1. The molecule has 2 saturated heterocycles. The molecule has 3 nitrogen and oxygen atoms in total. The highest BCUT2D eigenvalue weighted by Gasteiger charge is 2.64. The molecule has 12 heavy (non-hydrogen) atoms. The van der Waals surface area contributed by atoms with Crippen molar-refractivity contribution in [3.8, 4) is 0 Å². The van der Waals surface area contributed by atoms with Gasteiger partial charge in [-0.15, -0.1) is 11.6 Å². The third-order valence-corrected chi connectivity index (χ3v) is 3.05. The molecule has 0 aromatic heterocycles. The Hall–Kier alpha value is -0.280. The molecule has 3 rings (SSSR count). The summed E-state index contributed by atoms with van der Waals surface area (Å²) in [5, 5.41) is 3.13. The van der Waals surface area contributed by atoms with Gasteiger partial charge in [0.05, 0.1) is 11.5 Å². The number of hydrogen-bond acceptors (Lipinski definition) is 3. The van der Waals surface area contributed by atoms with Crippen LogP contribution in [0.3, 0.4) is 0 Å². The van der Waals surface area contributed by atoms with Gasteiger partial charge < -0.3 is 4.74 Å². The molecule has 68 valence electrons. The number of nitrogens with one attached hydrogen (secondary N) is 1. The molecular formula is C8H12ClNO2. The second-order valence-corrected chi connectivity index (χ2v) is 4.46. The van der Waals surface area contributed by atoms with Crippen molar-refractivity contribution < 1.29 is 9.53 Å². The molecule has 0 aromatic rings. The van der Waals surface area contributed by atoms with E-state index in [1.54, 1.807) is 0 Å². The van der Waals surface area contributed by atoms with E-state index in [1.807, 2.05) is 6.92 Å². The topological polar surface area (TPSA) is 38.3 Å². The van der Waals surface area contributed by atoms with Crippen LogP contribution in [0.2, 0.25) is 0 Å². The van der Waals surface area contributed by atoms with E-state index in [-0.39, 0.29) is 10.8 Å². The second kappa shape index (κ2) is 2.36. The van der Waals surface area contributed by atoms with Gasteiger partial charge in [0.15, 0.2) is 0 Å². The second-order valence-electron chi connectivity index (χ2n) is 3.66. The summed E-state index contributed by atoms with van der Waals surface area (Å²) in [5.74, 6) is -0.140. The first-order valence-electron chi connectivity index (χ1n) is 4.21. The van der Waals surface area contributed by atoms with E-state index in [9.17, 15) is 4.79 Å². The summed E-state index contributed by atoms with van der Waals surface area (Å²) in [5.41, 5.74) is -0.433. The van der Waals surface area contributed by atoms with Crippen LogP contribution in [0.5, 0.6) is 0 Å². The minimum atomic E-state index is -0.433. The standard InChI is InChI=1S/C8H12ClNO2/c1-2-12-6(11)8-3-7(9,4-8)5-10-8/h10H,2-5H2,1H3. The van der Waals surface area contributed by atoms with Gasteiger partial charge >= 0.3 is 5.97 Å². The number of halogens is 1. The Balaban J connectivity index is 2.03. The third-order valence-electron chi connectivity index (χ3n) is 2.65. The normalized spacial score (nSPS) is 43.8. The van der Waals surface area contributed by atoms with Gasteiger partial charge in [0, 0.05) is 6.54 Å². The van der Waals surface area contributed by atoms with E-state index in [0.717, 1.165) is 19.4 Å². The quantitative estimate of drug-likeness (QED) is 0.513. The van der Waals surface area contributed by atoms with Crippen LogP contribution in [0.25, 0.3) is 0 Å². The number of fused-ring (bicyclic) bond motifs is 1.